The Bertz CT molecular complexity index is 769. The van der Waals surface area contributed by atoms with Crippen molar-refractivity contribution in [2.45, 2.75) is 11.8 Å². The summed E-state index contributed by atoms with van der Waals surface area (Å²) in [5.41, 5.74) is 2.96. The van der Waals surface area contributed by atoms with Crippen LogP contribution >= 0.6 is 0 Å². The molecule has 0 aliphatic carbocycles. The number of nitrogens with one attached hydrogen (secondary N) is 1. The highest BCUT2D eigenvalue weighted by atomic mass is 32.2. The molecule has 1 N–H and O–H groups in total. The molecule has 0 radical (unpaired) electrons. The third kappa shape index (κ3) is 4.42. The maximum atomic E-state index is 12.0. The maximum absolute atomic E-state index is 12.0. The highest BCUT2D eigenvalue weighted by Gasteiger charge is 2.15. The molecular formula is C15H14N2O4S. The molecule has 6 nitrogen and oxygen atoms in total. The van der Waals surface area contributed by atoms with E-state index in [9.17, 15) is 13.2 Å². The van der Waals surface area contributed by atoms with Gasteiger partial charge >= 0.3 is 10.1 Å². The standard InChI is InChI=1S/C15H14N2O4S/c1-12(18)17-16-11-13-7-9-14(10-8-13)21-22(19,20)15-5-3-2-4-6-15/h2-11H,1H3,(H,17,18)/b16-11-. The number of amides is 1. The molecule has 0 fully saturated rings. The zero-order valence-corrected chi connectivity index (χ0v) is 12.6. The van der Waals surface area contributed by atoms with Crippen LogP contribution in [0.2, 0.25) is 0 Å². The Labute approximate surface area is 128 Å². The molecule has 2 rings (SSSR count). The summed E-state index contributed by atoms with van der Waals surface area (Å²) in [7, 11) is -3.85. The van der Waals surface area contributed by atoms with Crippen LogP contribution in [0.3, 0.4) is 0 Å². The van der Waals surface area contributed by atoms with Gasteiger partial charge in [-0.15, -0.1) is 0 Å². The van der Waals surface area contributed by atoms with Crippen LogP contribution in [-0.4, -0.2) is 20.5 Å². The number of carbonyl (C=O) groups excluding carboxylic acids is 1. The zero-order valence-electron chi connectivity index (χ0n) is 11.8. The minimum atomic E-state index is -3.85. The van der Waals surface area contributed by atoms with Crippen molar-refractivity contribution < 1.29 is 17.4 Å². The van der Waals surface area contributed by atoms with Crippen LogP contribution < -0.4 is 9.61 Å². The highest BCUT2D eigenvalue weighted by molar-refractivity contribution is 7.87. The Morgan fingerprint density at radius 3 is 2.32 bits per heavy atom. The molecule has 0 saturated heterocycles. The molecule has 2 aromatic rings. The first-order valence-corrected chi connectivity index (χ1v) is 7.77. The SMILES string of the molecule is CC(=O)N/N=C\c1ccc(OS(=O)(=O)c2ccccc2)cc1. The van der Waals surface area contributed by atoms with Gasteiger partial charge in [0.1, 0.15) is 10.6 Å². The largest absolute Gasteiger partial charge is 0.379 e. The van der Waals surface area contributed by atoms with Crippen molar-refractivity contribution in [3.63, 3.8) is 0 Å². The molecule has 22 heavy (non-hydrogen) atoms. The first kappa shape index (κ1) is 15.7. The monoisotopic (exact) mass is 318 g/mol. The topological polar surface area (TPSA) is 84.8 Å². The molecule has 0 saturated carbocycles. The van der Waals surface area contributed by atoms with E-state index in [1.165, 1.54) is 37.4 Å². The molecule has 0 atom stereocenters. The van der Waals surface area contributed by atoms with Gasteiger partial charge in [-0.3, -0.25) is 4.79 Å². The molecule has 114 valence electrons. The van der Waals surface area contributed by atoms with E-state index >= 15 is 0 Å². The average Bonchev–Trinajstić information content (AvgIpc) is 2.49. The van der Waals surface area contributed by atoms with Gasteiger partial charge in [0.15, 0.2) is 0 Å². The second-order valence-electron chi connectivity index (χ2n) is 4.35. The van der Waals surface area contributed by atoms with Gasteiger partial charge < -0.3 is 4.18 Å². The molecule has 0 spiro atoms. The van der Waals surface area contributed by atoms with Crippen molar-refractivity contribution in [1.29, 1.82) is 0 Å². The Morgan fingerprint density at radius 2 is 1.73 bits per heavy atom. The number of nitrogens with zero attached hydrogens (tertiary/aromatic N) is 1. The van der Waals surface area contributed by atoms with Gasteiger partial charge in [-0.1, -0.05) is 18.2 Å². The van der Waals surface area contributed by atoms with Crippen LogP contribution in [0.1, 0.15) is 12.5 Å². The summed E-state index contributed by atoms with van der Waals surface area (Å²) in [6, 6.07) is 14.2. The van der Waals surface area contributed by atoms with Crippen LogP contribution in [-0.2, 0) is 14.9 Å². The molecule has 0 aliphatic heterocycles. The molecule has 0 bridgehead atoms. The van der Waals surface area contributed by atoms with Gasteiger partial charge in [0.05, 0.1) is 6.21 Å². The van der Waals surface area contributed by atoms with Gasteiger partial charge in [-0.2, -0.15) is 13.5 Å². The Balaban J connectivity index is 2.08. The lowest BCUT2D eigenvalue weighted by atomic mass is 10.2. The quantitative estimate of drug-likeness (QED) is 0.518. The Hall–Kier alpha value is -2.67. The number of benzene rings is 2. The van der Waals surface area contributed by atoms with Crippen molar-refractivity contribution in [2.75, 3.05) is 0 Å². The van der Waals surface area contributed by atoms with Crippen molar-refractivity contribution >= 4 is 22.2 Å². The average molecular weight is 318 g/mol. The van der Waals surface area contributed by atoms with E-state index in [-0.39, 0.29) is 16.6 Å². The van der Waals surface area contributed by atoms with E-state index < -0.39 is 10.1 Å². The van der Waals surface area contributed by atoms with Crippen LogP contribution in [0.5, 0.6) is 5.75 Å². The summed E-state index contributed by atoms with van der Waals surface area (Å²) in [6.07, 6.45) is 1.44. The summed E-state index contributed by atoms with van der Waals surface area (Å²) in [5.74, 6) is -0.0781. The third-order valence-corrected chi connectivity index (χ3v) is 3.81. The summed E-state index contributed by atoms with van der Waals surface area (Å²) in [5, 5.41) is 3.71. The highest BCUT2D eigenvalue weighted by Crippen LogP contribution is 2.18. The van der Waals surface area contributed by atoms with E-state index in [1.54, 1.807) is 30.3 Å². The van der Waals surface area contributed by atoms with E-state index in [0.717, 1.165) is 0 Å². The lowest BCUT2D eigenvalue weighted by Crippen LogP contribution is -2.12. The van der Waals surface area contributed by atoms with E-state index in [2.05, 4.69) is 10.5 Å². The fourth-order valence-corrected chi connectivity index (χ4v) is 2.52. The minimum Gasteiger partial charge on any atom is -0.379 e. The van der Waals surface area contributed by atoms with Crippen molar-refractivity contribution in [3.8, 4) is 5.75 Å². The number of hydrogen-bond acceptors (Lipinski definition) is 5. The molecule has 0 unspecified atom stereocenters. The molecule has 2 aromatic carbocycles. The second-order valence-corrected chi connectivity index (χ2v) is 5.89. The summed E-state index contributed by atoms with van der Waals surface area (Å²) in [6.45, 7) is 1.35. The van der Waals surface area contributed by atoms with Crippen LogP contribution in [0.15, 0.2) is 64.6 Å². The predicted octanol–water partition coefficient (Wildman–Crippen LogP) is 1.92. The molecule has 0 aliphatic rings. The van der Waals surface area contributed by atoms with E-state index in [0.29, 0.717) is 5.56 Å². The molecule has 0 aromatic heterocycles. The van der Waals surface area contributed by atoms with Crippen LogP contribution in [0, 0.1) is 0 Å². The smallest absolute Gasteiger partial charge is 0.339 e. The molecule has 1 amide bonds. The fraction of sp³-hybridized carbons (Fsp3) is 0.0667. The number of rotatable bonds is 5. The number of hydrazone groups is 1. The summed E-state index contributed by atoms with van der Waals surface area (Å²) < 4.78 is 29.1. The van der Waals surface area contributed by atoms with Crippen LogP contribution in [0.25, 0.3) is 0 Å². The third-order valence-electron chi connectivity index (χ3n) is 2.55. The summed E-state index contributed by atoms with van der Waals surface area (Å²) in [4.78, 5) is 10.8. The first-order chi connectivity index (χ1) is 10.5. The maximum Gasteiger partial charge on any atom is 0.339 e. The van der Waals surface area contributed by atoms with Gasteiger partial charge in [0.25, 0.3) is 0 Å². The van der Waals surface area contributed by atoms with Gasteiger partial charge in [-0.05, 0) is 42.0 Å². The van der Waals surface area contributed by atoms with Gasteiger partial charge in [0, 0.05) is 6.92 Å². The minimum absolute atomic E-state index is 0.0892. The fourth-order valence-electron chi connectivity index (χ4n) is 1.57. The Kier molecular flexibility index (Phi) is 4.90. The van der Waals surface area contributed by atoms with Gasteiger partial charge in [0.2, 0.25) is 5.91 Å². The number of carbonyl (C=O) groups is 1. The number of hydrogen-bond donors (Lipinski definition) is 1. The zero-order chi connectivity index (χ0) is 16.0. The van der Waals surface area contributed by atoms with Crippen molar-refractivity contribution in [3.05, 3.63) is 60.2 Å². The Morgan fingerprint density at radius 1 is 1.09 bits per heavy atom. The normalized spacial score (nSPS) is 11.3. The first-order valence-electron chi connectivity index (χ1n) is 6.36. The van der Waals surface area contributed by atoms with Crippen LogP contribution in [0.4, 0.5) is 0 Å². The predicted molar refractivity (Wildman–Crippen MR) is 82.1 cm³/mol. The molecule has 7 heteroatoms. The lowest BCUT2D eigenvalue weighted by Gasteiger charge is -2.06. The van der Waals surface area contributed by atoms with E-state index in [1.807, 2.05) is 0 Å². The van der Waals surface area contributed by atoms with Crippen molar-refractivity contribution in [1.82, 2.24) is 5.43 Å². The van der Waals surface area contributed by atoms with Gasteiger partial charge in [-0.25, -0.2) is 5.43 Å². The lowest BCUT2D eigenvalue weighted by molar-refractivity contribution is -0.118. The summed E-state index contributed by atoms with van der Waals surface area (Å²) >= 11 is 0. The van der Waals surface area contributed by atoms with Crippen molar-refractivity contribution in [2.24, 2.45) is 5.10 Å². The molecule has 0 heterocycles. The van der Waals surface area contributed by atoms with E-state index in [4.69, 9.17) is 4.18 Å². The second kappa shape index (κ2) is 6.86. The molecular weight excluding hydrogens is 304 g/mol.